The number of morpholine rings is 1. The predicted octanol–water partition coefficient (Wildman–Crippen LogP) is 5.26. The standard InChI is InChI=1S/C30H34N4O4/c1-30(2,3)27-18-28(33-38-27)32-29(35)31-23-11-7-21(8-12-23)5-6-22-9-13-25(14-10-22)36-16-4-15-34-19-26-17-24(34)20-37-26/h7-14,18,24,26H,4,15-17,19-20H2,1-3H3,(H2,31,32,33,35). The molecule has 2 aliphatic rings. The predicted molar refractivity (Wildman–Crippen MR) is 147 cm³/mol. The van der Waals surface area contributed by atoms with Gasteiger partial charge in [-0.05, 0) is 61.4 Å². The number of urea groups is 1. The first-order chi connectivity index (χ1) is 18.3. The molecule has 198 valence electrons. The SMILES string of the molecule is CC(C)(C)c1cc(NC(=O)Nc2ccc(C#Cc3ccc(OCCCN4CC5CC4CO5)cc3)cc2)no1. The molecule has 2 atom stereocenters. The molecule has 0 saturated carbocycles. The smallest absolute Gasteiger partial charge is 0.324 e. The van der Waals surface area contributed by atoms with Gasteiger partial charge in [0.15, 0.2) is 5.82 Å². The molecule has 0 radical (unpaired) electrons. The van der Waals surface area contributed by atoms with Gasteiger partial charge in [-0.25, -0.2) is 4.79 Å². The highest BCUT2D eigenvalue weighted by Gasteiger charge is 2.38. The molecule has 5 rings (SSSR count). The molecule has 2 fully saturated rings. The molecule has 3 heterocycles. The number of fused-ring (bicyclic) bond motifs is 2. The van der Waals surface area contributed by atoms with Gasteiger partial charge in [0, 0.05) is 47.4 Å². The Labute approximate surface area is 223 Å². The number of carbonyl (C=O) groups excluding carboxylic acids is 1. The number of aromatic nitrogens is 1. The van der Waals surface area contributed by atoms with E-state index in [1.165, 1.54) is 6.42 Å². The first-order valence-electron chi connectivity index (χ1n) is 13.1. The summed E-state index contributed by atoms with van der Waals surface area (Å²) in [7, 11) is 0. The molecule has 8 heteroatoms. The van der Waals surface area contributed by atoms with E-state index in [4.69, 9.17) is 14.0 Å². The first-order valence-corrected chi connectivity index (χ1v) is 13.1. The second-order valence-electron chi connectivity index (χ2n) is 10.8. The Morgan fingerprint density at radius 3 is 2.39 bits per heavy atom. The van der Waals surface area contributed by atoms with E-state index in [2.05, 4.69) is 32.5 Å². The van der Waals surface area contributed by atoms with Crippen molar-refractivity contribution < 1.29 is 18.8 Å². The van der Waals surface area contributed by atoms with Crippen molar-refractivity contribution in [2.75, 3.05) is 36.9 Å². The van der Waals surface area contributed by atoms with Gasteiger partial charge in [0.05, 0.1) is 19.3 Å². The normalized spacial score (nSPS) is 18.6. The molecule has 0 aliphatic carbocycles. The highest BCUT2D eigenvalue weighted by atomic mass is 16.5. The van der Waals surface area contributed by atoms with Crippen LogP contribution in [0.5, 0.6) is 5.75 Å². The zero-order valence-electron chi connectivity index (χ0n) is 22.1. The number of rotatable bonds is 7. The van der Waals surface area contributed by atoms with Crippen LogP contribution in [-0.2, 0) is 10.2 Å². The van der Waals surface area contributed by atoms with Crippen molar-refractivity contribution in [3.63, 3.8) is 0 Å². The van der Waals surface area contributed by atoms with Crippen molar-refractivity contribution in [3.05, 3.63) is 71.5 Å². The van der Waals surface area contributed by atoms with E-state index < -0.39 is 6.03 Å². The summed E-state index contributed by atoms with van der Waals surface area (Å²) in [6.45, 7) is 9.76. The fourth-order valence-corrected chi connectivity index (χ4v) is 4.59. The Morgan fingerprint density at radius 1 is 1.08 bits per heavy atom. The number of ether oxygens (including phenoxy) is 2. The van der Waals surface area contributed by atoms with E-state index in [0.29, 0.717) is 36.0 Å². The number of amides is 2. The number of benzene rings is 2. The number of nitrogens with one attached hydrogen (secondary N) is 2. The van der Waals surface area contributed by atoms with Crippen molar-refractivity contribution in [2.24, 2.45) is 0 Å². The Bertz CT molecular complexity index is 1300. The Kier molecular flexibility index (Phi) is 7.68. The summed E-state index contributed by atoms with van der Waals surface area (Å²) < 4.78 is 16.9. The third-order valence-corrected chi connectivity index (χ3v) is 6.71. The van der Waals surface area contributed by atoms with Gasteiger partial charge in [-0.3, -0.25) is 10.2 Å². The van der Waals surface area contributed by atoms with Crippen molar-refractivity contribution in [3.8, 4) is 17.6 Å². The fraction of sp³-hybridized carbons (Fsp3) is 0.400. The zero-order valence-corrected chi connectivity index (χ0v) is 22.1. The van der Waals surface area contributed by atoms with Crippen LogP contribution < -0.4 is 15.4 Å². The van der Waals surface area contributed by atoms with Crippen LogP contribution in [0.4, 0.5) is 16.3 Å². The largest absolute Gasteiger partial charge is 0.494 e. The lowest BCUT2D eigenvalue weighted by molar-refractivity contribution is 0.0288. The van der Waals surface area contributed by atoms with Crippen LogP contribution >= 0.6 is 0 Å². The third-order valence-electron chi connectivity index (χ3n) is 6.71. The lowest BCUT2D eigenvalue weighted by Crippen LogP contribution is -2.37. The third kappa shape index (κ3) is 6.74. The summed E-state index contributed by atoms with van der Waals surface area (Å²) in [6.07, 6.45) is 2.64. The minimum atomic E-state index is -0.391. The maximum Gasteiger partial charge on any atom is 0.324 e. The van der Waals surface area contributed by atoms with Gasteiger partial charge in [-0.15, -0.1) is 0 Å². The van der Waals surface area contributed by atoms with Crippen LogP contribution in [0.25, 0.3) is 0 Å². The first kappa shape index (κ1) is 25.8. The maximum absolute atomic E-state index is 12.3. The molecule has 2 unspecified atom stereocenters. The van der Waals surface area contributed by atoms with Crippen molar-refractivity contribution in [1.29, 1.82) is 0 Å². The maximum atomic E-state index is 12.3. The average molecular weight is 515 g/mol. The number of carbonyl (C=O) groups is 1. The number of hydrogen-bond donors (Lipinski definition) is 2. The van der Waals surface area contributed by atoms with Gasteiger partial charge < -0.3 is 19.3 Å². The summed E-state index contributed by atoms with van der Waals surface area (Å²) in [6, 6.07) is 17.2. The average Bonchev–Trinajstić information content (AvgIpc) is 3.64. The van der Waals surface area contributed by atoms with E-state index in [9.17, 15) is 4.79 Å². The molecule has 8 nitrogen and oxygen atoms in total. The molecule has 2 N–H and O–H groups in total. The number of nitrogens with zero attached hydrogens (tertiary/aromatic N) is 2. The topological polar surface area (TPSA) is 88.9 Å². The van der Waals surface area contributed by atoms with Crippen molar-refractivity contribution in [2.45, 2.75) is 51.2 Å². The minimum Gasteiger partial charge on any atom is -0.494 e. The van der Waals surface area contributed by atoms with Gasteiger partial charge >= 0.3 is 6.03 Å². The highest BCUT2D eigenvalue weighted by Crippen LogP contribution is 2.27. The molecular weight excluding hydrogens is 480 g/mol. The monoisotopic (exact) mass is 514 g/mol. The molecule has 2 amide bonds. The van der Waals surface area contributed by atoms with E-state index in [1.807, 2.05) is 69.3 Å². The summed E-state index contributed by atoms with van der Waals surface area (Å²) >= 11 is 0. The summed E-state index contributed by atoms with van der Waals surface area (Å²) in [5.41, 5.74) is 2.23. The minimum absolute atomic E-state index is 0.181. The van der Waals surface area contributed by atoms with Crippen LogP contribution in [0.1, 0.15) is 50.5 Å². The Morgan fingerprint density at radius 2 is 1.79 bits per heavy atom. The van der Waals surface area contributed by atoms with Crippen LogP contribution in [-0.4, -0.2) is 54.5 Å². The molecular formula is C30H34N4O4. The molecule has 3 aromatic rings. The number of anilines is 2. The molecule has 2 aliphatic heterocycles. The Hall–Kier alpha value is -3.80. The van der Waals surface area contributed by atoms with Gasteiger partial charge in [-0.1, -0.05) is 37.8 Å². The van der Waals surface area contributed by atoms with Crippen molar-refractivity contribution >= 4 is 17.5 Å². The molecule has 1 aromatic heterocycles. The van der Waals surface area contributed by atoms with Crippen molar-refractivity contribution in [1.82, 2.24) is 10.1 Å². The highest BCUT2D eigenvalue weighted by molar-refractivity contribution is 5.99. The van der Waals surface area contributed by atoms with Gasteiger partial charge in [0.2, 0.25) is 0 Å². The number of likely N-dealkylation sites (tertiary alicyclic amines) is 1. The van der Waals surface area contributed by atoms with E-state index in [-0.39, 0.29) is 5.41 Å². The molecule has 2 bridgehead atoms. The molecule has 2 aromatic carbocycles. The van der Waals surface area contributed by atoms with E-state index in [0.717, 1.165) is 43.0 Å². The fourth-order valence-electron chi connectivity index (χ4n) is 4.59. The second-order valence-corrected chi connectivity index (χ2v) is 10.8. The summed E-state index contributed by atoms with van der Waals surface area (Å²) in [5, 5.41) is 9.37. The van der Waals surface area contributed by atoms with Crippen LogP contribution in [0, 0.1) is 11.8 Å². The van der Waals surface area contributed by atoms with Gasteiger partial charge in [0.1, 0.15) is 11.5 Å². The molecule has 0 spiro atoms. The van der Waals surface area contributed by atoms with E-state index >= 15 is 0 Å². The Balaban J connectivity index is 1.05. The quantitative estimate of drug-likeness (QED) is 0.330. The molecule has 38 heavy (non-hydrogen) atoms. The summed E-state index contributed by atoms with van der Waals surface area (Å²) in [4.78, 5) is 14.8. The van der Waals surface area contributed by atoms with Gasteiger partial charge in [-0.2, -0.15) is 0 Å². The van der Waals surface area contributed by atoms with Crippen LogP contribution in [0.2, 0.25) is 0 Å². The van der Waals surface area contributed by atoms with Crippen LogP contribution in [0.3, 0.4) is 0 Å². The van der Waals surface area contributed by atoms with Crippen LogP contribution in [0.15, 0.2) is 59.1 Å². The molecule has 2 saturated heterocycles. The summed E-state index contributed by atoms with van der Waals surface area (Å²) in [5.74, 6) is 8.26. The van der Waals surface area contributed by atoms with Gasteiger partial charge in [0.25, 0.3) is 0 Å². The zero-order chi connectivity index (χ0) is 26.5. The second kappa shape index (κ2) is 11.3. The number of hydrogen-bond acceptors (Lipinski definition) is 6. The van der Waals surface area contributed by atoms with E-state index in [1.54, 1.807) is 6.07 Å². The lowest BCUT2D eigenvalue weighted by Gasteiger charge is -2.26. The lowest BCUT2D eigenvalue weighted by atomic mass is 9.93.